The number of rotatable bonds is 10. The van der Waals surface area contributed by atoms with Crippen molar-refractivity contribution < 1.29 is 24.1 Å². The molecule has 192 valence electrons. The van der Waals surface area contributed by atoms with Crippen molar-refractivity contribution in [3.05, 3.63) is 59.3 Å². The van der Waals surface area contributed by atoms with E-state index in [0.717, 1.165) is 6.54 Å². The number of halogens is 1. The number of thiophene rings is 1. The van der Waals surface area contributed by atoms with Crippen molar-refractivity contribution in [3.63, 3.8) is 0 Å². The number of nitrogens with two attached hydrogens (primary N) is 1. The van der Waals surface area contributed by atoms with Gasteiger partial charge in [-0.05, 0) is 43.5 Å². The Morgan fingerprint density at radius 3 is 2.94 bits per heavy atom. The number of hydrogen-bond acceptors (Lipinski definition) is 9. The third-order valence-corrected chi connectivity index (χ3v) is 6.90. The molecule has 1 saturated heterocycles. The molecule has 1 aliphatic heterocycles. The van der Waals surface area contributed by atoms with Gasteiger partial charge in [0.15, 0.2) is 0 Å². The topological polar surface area (TPSA) is 134 Å². The number of primary amides is 1. The zero-order chi connectivity index (χ0) is 25.7. The van der Waals surface area contributed by atoms with Crippen LogP contribution >= 0.6 is 11.3 Å². The summed E-state index contributed by atoms with van der Waals surface area (Å²) in [6, 6.07) is 8.05. The number of amides is 1. The molecule has 0 saturated carbocycles. The van der Waals surface area contributed by atoms with Gasteiger partial charge in [-0.15, -0.1) is 11.3 Å². The van der Waals surface area contributed by atoms with Gasteiger partial charge < -0.3 is 26.0 Å². The Balaban J connectivity index is 1.52. The molecule has 2 unspecified atom stereocenters. The van der Waals surface area contributed by atoms with E-state index in [9.17, 15) is 19.4 Å². The number of carbonyl (C=O) groups is 1. The van der Waals surface area contributed by atoms with Crippen LogP contribution in [0.4, 0.5) is 15.2 Å². The summed E-state index contributed by atoms with van der Waals surface area (Å²) in [5.41, 5.74) is 6.88. The van der Waals surface area contributed by atoms with E-state index in [0.29, 0.717) is 65.2 Å². The van der Waals surface area contributed by atoms with Gasteiger partial charge in [-0.25, -0.2) is 14.4 Å². The molecule has 36 heavy (non-hydrogen) atoms. The zero-order valence-electron chi connectivity index (χ0n) is 20.0. The summed E-state index contributed by atoms with van der Waals surface area (Å²) >= 11 is 1.20. The molecule has 1 fully saturated rings. The van der Waals surface area contributed by atoms with Gasteiger partial charge in [0, 0.05) is 36.3 Å². The minimum absolute atomic E-state index is 0.0192. The first-order valence-electron chi connectivity index (χ1n) is 11.8. The fourth-order valence-electron chi connectivity index (χ4n) is 4.13. The third kappa shape index (κ3) is 6.62. The number of hydrogen-bond donors (Lipinski definition) is 4. The fraction of sp³-hybridized carbons (Fsp3) is 0.400. The number of nitrogens with one attached hydrogen (secondary N) is 1. The number of nitrogens with zero attached hydrogens (tertiary/aromatic N) is 3. The minimum atomic E-state index is -0.636. The lowest BCUT2D eigenvalue weighted by Crippen LogP contribution is -2.42. The van der Waals surface area contributed by atoms with Gasteiger partial charge in [-0.3, -0.25) is 9.69 Å². The van der Waals surface area contributed by atoms with Crippen LogP contribution in [0, 0.1) is 5.82 Å². The first-order valence-corrected chi connectivity index (χ1v) is 12.6. The standard InChI is InChI=1S/C25H30FN5O4S/c1-15(33)10-16-2-3-18(20(26)11-16)21-12-19(24(27)34)25(36-21)30-22-4-6-28-23(29-22)14-31-7-9-35-17(13-31)5-8-32/h2-4,6,11-12,15,17,32-33H,5,7-10,13-14H2,1H3,(H2,27,34)(H,28,29,30). The van der Waals surface area contributed by atoms with E-state index in [1.165, 1.54) is 17.4 Å². The normalized spacial score (nSPS) is 17.2. The molecule has 2 aromatic heterocycles. The average molecular weight is 516 g/mol. The summed E-state index contributed by atoms with van der Waals surface area (Å²) in [4.78, 5) is 23.8. The van der Waals surface area contributed by atoms with Crippen LogP contribution < -0.4 is 11.1 Å². The largest absolute Gasteiger partial charge is 0.396 e. The Kier molecular flexibility index (Phi) is 8.60. The van der Waals surface area contributed by atoms with Crippen LogP contribution in [0.2, 0.25) is 0 Å². The summed E-state index contributed by atoms with van der Waals surface area (Å²) in [6.45, 7) is 4.25. The van der Waals surface area contributed by atoms with E-state index in [1.807, 2.05) is 0 Å². The maximum absolute atomic E-state index is 14.8. The first-order chi connectivity index (χ1) is 17.3. The predicted molar refractivity (Wildman–Crippen MR) is 136 cm³/mol. The Bertz CT molecular complexity index is 1200. The summed E-state index contributed by atoms with van der Waals surface area (Å²) in [6.07, 6.45) is 1.98. The van der Waals surface area contributed by atoms with E-state index in [2.05, 4.69) is 20.2 Å². The van der Waals surface area contributed by atoms with Crippen molar-refractivity contribution in [3.8, 4) is 10.4 Å². The quantitative estimate of drug-likeness (QED) is 0.324. The molecule has 3 heterocycles. The Morgan fingerprint density at radius 1 is 1.39 bits per heavy atom. The number of aromatic nitrogens is 2. The number of carbonyl (C=O) groups excluding carboxylic acids is 1. The summed E-state index contributed by atoms with van der Waals surface area (Å²) in [5, 5.41) is 22.3. The number of morpholine rings is 1. The third-order valence-electron chi connectivity index (χ3n) is 5.81. The summed E-state index contributed by atoms with van der Waals surface area (Å²) < 4.78 is 20.5. The SMILES string of the molecule is CC(O)Cc1ccc(-c2cc(C(N)=O)c(Nc3ccnc(CN4CCOC(CCO)C4)n3)s2)c(F)c1. The summed E-state index contributed by atoms with van der Waals surface area (Å²) in [5.74, 6) is 0.0144. The number of aliphatic hydroxyl groups is 2. The number of aliphatic hydroxyl groups excluding tert-OH is 2. The van der Waals surface area contributed by atoms with Gasteiger partial charge >= 0.3 is 0 Å². The molecule has 11 heteroatoms. The second-order valence-corrected chi connectivity index (χ2v) is 9.86. The van der Waals surface area contributed by atoms with Crippen LogP contribution in [-0.4, -0.2) is 69.5 Å². The maximum atomic E-state index is 14.8. The lowest BCUT2D eigenvalue weighted by atomic mass is 10.0. The highest BCUT2D eigenvalue weighted by molar-refractivity contribution is 7.19. The molecule has 9 nitrogen and oxygen atoms in total. The number of benzene rings is 1. The van der Waals surface area contributed by atoms with Crippen molar-refractivity contribution in [2.24, 2.45) is 5.73 Å². The summed E-state index contributed by atoms with van der Waals surface area (Å²) in [7, 11) is 0. The highest BCUT2D eigenvalue weighted by atomic mass is 32.1. The van der Waals surface area contributed by atoms with Gasteiger partial charge in [-0.1, -0.05) is 12.1 Å². The molecule has 1 aromatic carbocycles. The second kappa shape index (κ2) is 11.8. The van der Waals surface area contributed by atoms with E-state index in [-0.39, 0.29) is 18.3 Å². The number of anilines is 2. The molecular weight excluding hydrogens is 485 g/mol. The molecule has 5 N–H and O–H groups in total. The van der Waals surface area contributed by atoms with Crippen LogP contribution in [0.25, 0.3) is 10.4 Å². The van der Waals surface area contributed by atoms with E-state index in [1.54, 1.807) is 37.4 Å². The fourth-order valence-corrected chi connectivity index (χ4v) is 5.23. The van der Waals surface area contributed by atoms with Crippen molar-refractivity contribution in [1.82, 2.24) is 14.9 Å². The molecule has 0 aliphatic carbocycles. The molecule has 1 aliphatic rings. The van der Waals surface area contributed by atoms with Gasteiger partial charge in [0.2, 0.25) is 0 Å². The second-order valence-electron chi connectivity index (χ2n) is 8.81. The Hall–Kier alpha value is -2.96. The Labute approximate surface area is 212 Å². The van der Waals surface area contributed by atoms with E-state index in [4.69, 9.17) is 10.5 Å². The monoisotopic (exact) mass is 515 g/mol. The predicted octanol–water partition coefficient (Wildman–Crippen LogP) is 2.69. The molecule has 0 spiro atoms. The molecule has 0 radical (unpaired) electrons. The molecule has 4 rings (SSSR count). The van der Waals surface area contributed by atoms with Crippen molar-refractivity contribution in [2.45, 2.75) is 38.5 Å². The first kappa shape index (κ1) is 26.1. The lowest BCUT2D eigenvalue weighted by Gasteiger charge is -2.32. The van der Waals surface area contributed by atoms with Crippen LogP contribution in [0.3, 0.4) is 0 Å². The minimum Gasteiger partial charge on any atom is -0.396 e. The van der Waals surface area contributed by atoms with Crippen LogP contribution in [0.15, 0.2) is 36.5 Å². The van der Waals surface area contributed by atoms with Gasteiger partial charge in [0.05, 0.1) is 30.9 Å². The van der Waals surface area contributed by atoms with Gasteiger partial charge in [-0.2, -0.15) is 0 Å². The molecule has 2 atom stereocenters. The maximum Gasteiger partial charge on any atom is 0.251 e. The van der Waals surface area contributed by atoms with E-state index < -0.39 is 17.8 Å². The highest BCUT2D eigenvalue weighted by Gasteiger charge is 2.22. The Morgan fingerprint density at radius 2 is 2.22 bits per heavy atom. The molecule has 1 amide bonds. The lowest BCUT2D eigenvalue weighted by molar-refractivity contribution is -0.0413. The highest BCUT2D eigenvalue weighted by Crippen LogP contribution is 2.38. The average Bonchev–Trinajstić information content (AvgIpc) is 3.23. The van der Waals surface area contributed by atoms with Crippen molar-refractivity contribution in [2.75, 3.05) is 31.6 Å². The van der Waals surface area contributed by atoms with Crippen LogP contribution in [-0.2, 0) is 17.7 Å². The van der Waals surface area contributed by atoms with Gasteiger partial charge in [0.1, 0.15) is 22.5 Å². The van der Waals surface area contributed by atoms with E-state index >= 15 is 0 Å². The van der Waals surface area contributed by atoms with Crippen LogP contribution in [0.5, 0.6) is 0 Å². The van der Waals surface area contributed by atoms with Crippen molar-refractivity contribution >= 4 is 28.1 Å². The molecule has 0 bridgehead atoms. The zero-order valence-corrected chi connectivity index (χ0v) is 20.8. The van der Waals surface area contributed by atoms with Crippen molar-refractivity contribution in [1.29, 1.82) is 0 Å². The molecule has 3 aromatic rings. The van der Waals surface area contributed by atoms with Crippen LogP contribution in [0.1, 0.15) is 35.1 Å². The molecular formula is C25H30FN5O4S. The smallest absolute Gasteiger partial charge is 0.251 e. The number of ether oxygens (including phenoxy) is 1. The van der Waals surface area contributed by atoms with Gasteiger partial charge in [0.25, 0.3) is 5.91 Å².